The van der Waals surface area contributed by atoms with E-state index in [2.05, 4.69) is 15.3 Å². The van der Waals surface area contributed by atoms with Crippen LogP contribution in [0.3, 0.4) is 0 Å². The smallest absolute Gasteiger partial charge is 0.255 e. The zero-order valence-corrected chi connectivity index (χ0v) is 22.0. The van der Waals surface area contributed by atoms with Crippen molar-refractivity contribution in [1.82, 2.24) is 19.9 Å². The molecule has 0 unspecified atom stereocenters. The van der Waals surface area contributed by atoms with Crippen LogP contribution in [0.1, 0.15) is 34.1 Å². The summed E-state index contributed by atoms with van der Waals surface area (Å²) in [6.07, 6.45) is 2.19. The zero-order valence-electron chi connectivity index (χ0n) is 20.5. The van der Waals surface area contributed by atoms with E-state index in [9.17, 15) is 9.18 Å². The molecule has 6 rings (SSSR count). The van der Waals surface area contributed by atoms with Crippen molar-refractivity contribution in [3.05, 3.63) is 75.3 Å². The summed E-state index contributed by atoms with van der Waals surface area (Å²) in [5.41, 5.74) is 4.02. The zero-order chi connectivity index (χ0) is 26.4. The fourth-order valence-corrected chi connectivity index (χ4v) is 5.77. The number of anilines is 1. The number of fused-ring (bicyclic) bond motifs is 2. The van der Waals surface area contributed by atoms with Crippen LogP contribution in [-0.2, 0) is 4.74 Å². The number of amides is 1. The number of nitrogens with zero attached hydrogens (tertiary/aromatic N) is 4. The van der Waals surface area contributed by atoms with E-state index < -0.39 is 5.82 Å². The van der Waals surface area contributed by atoms with Crippen molar-refractivity contribution < 1.29 is 18.7 Å². The molecular formula is C27H24Cl2FN5O3. The van der Waals surface area contributed by atoms with Crippen molar-refractivity contribution in [2.24, 2.45) is 0 Å². The summed E-state index contributed by atoms with van der Waals surface area (Å²) in [6.45, 7) is 4.52. The monoisotopic (exact) mass is 555 g/mol. The maximum absolute atomic E-state index is 13.9. The molecule has 196 valence electrons. The van der Waals surface area contributed by atoms with Gasteiger partial charge in [-0.15, -0.1) is 0 Å². The molecule has 0 radical (unpaired) electrons. The summed E-state index contributed by atoms with van der Waals surface area (Å²) in [7, 11) is 0. The summed E-state index contributed by atoms with van der Waals surface area (Å²) >= 11 is 12.8. The summed E-state index contributed by atoms with van der Waals surface area (Å²) in [5.74, 6) is -0.0262. The number of imidazole rings is 1. The van der Waals surface area contributed by atoms with Crippen LogP contribution in [0.4, 0.5) is 10.1 Å². The topological polar surface area (TPSA) is 81.0 Å². The van der Waals surface area contributed by atoms with Gasteiger partial charge < -0.3 is 19.7 Å². The van der Waals surface area contributed by atoms with E-state index in [4.69, 9.17) is 37.7 Å². The number of benzene rings is 2. The number of rotatable bonds is 4. The van der Waals surface area contributed by atoms with Gasteiger partial charge in [0.05, 0.1) is 64.7 Å². The first-order chi connectivity index (χ1) is 18.4. The molecule has 1 fully saturated rings. The van der Waals surface area contributed by atoms with Crippen molar-refractivity contribution >= 4 is 40.4 Å². The molecule has 2 aromatic heterocycles. The molecule has 1 atom stereocenters. The van der Waals surface area contributed by atoms with E-state index in [1.54, 1.807) is 4.52 Å². The Balaban J connectivity index is 1.47. The molecule has 4 aromatic rings. The van der Waals surface area contributed by atoms with Gasteiger partial charge in [-0.25, -0.2) is 13.9 Å². The minimum absolute atomic E-state index is 0.148. The molecule has 2 aromatic carbocycles. The van der Waals surface area contributed by atoms with Gasteiger partial charge in [0, 0.05) is 30.6 Å². The molecule has 1 amide bonds. The maximum Gasteiger partial charge on any atom is 0.255 e. The van der Waals surface area contributed by atoms with Crippen molar-refractivity contribution in [2.45, 2.75) is 19.4 Å². The minimum atomic E-state index is -0.536. The Morgan fingerprint density at radius 1 is 1.13 bits per heavy atom. The molecule has 0 bridgehead atoms. The SMILES string of the molecule is Cc1nc2c(N3CCOCC3)c(C(=O)N[C@H]3CCOc4ccccc43)cnn2c1-c1c(Cl)cc(F)cc1Cl. The third-order valence-electron chi connectivity index (χ3n) is 6.88. The number of carbonyl (C=O) groups excluding carboxylic acids is 1. The first-order valence-electron chi connectivity index (χ1n) is 12.3. The quantitative estimate of drug-likeness (QED) is 0.371. The second kappa shape index (κ2) is 10.1. The van der Waals surface area contributed by atoms with Crippen LogP contribution in [0.2, 0.25) is 10.0 Å². The molecule has 11 heteroatoms. The Morgan fingerprint density at radius 2 is 1.87 bits per heavy atom. The lowest BCUT2D eigenvalue weighted by Gasteiger charge is -2.31. The summed E-state index contributed by atoms with van der Waals surface area (Å²) in [4.78, 5) is 20.6. The summed E-state index contributed by atoms with van der Waals surface area (Å²) < 4.78 is 26.9. The standard InChI is InChI=1S/C27H24Cl2FN5O3/c1-15-24(23-19(28)12-16(30)13-20(23)29)35-26(32-15)25(34-7-10-37-11-8-34)18(14-31-35)27(36)33-21-6-9-38-22-5-3-2-4-17(21)22/h2-5,12-14,21H,6-11H2,1H3,(H,33,36)/t21-/m0/s1. The number of para-hydroxylation sites is 1. The molecule has 1 N–H and O–H groups in total. The molecule has 38 heavy (non-hydrogen) atoms. The molecule has 0 saturated carbocycles. The van der Waals surface area contributed by atoms with Crippen molar-refractivity contribution in [2.75, 3.05) is 37.8 Å². The molecule has 2 aliphatic heterocycles. The first-order valence-corrected chi connectivity index (χ1v) is 13.1. The number of hydrogen-bond donors (Lipinski definition) is 1. The second-order valence-corrected chi connectivity index (χ2v) is 10.0. The Bertz CT molecular complexity index is 1530. The van der Waals surface area contributed by atoms with Gasteiger partial charge >= 0.3 is 0 Å². The minimum Gasteiger partial charge on any atom is -0.493 e. The predicted molar refractivity (Wildman–Crippen MR) is 143 cm³/mol. The van der Waals surface area contributed by atoms with Crippen LogP contribution in [0.25, 0.3) is 16.9 Å². The number of carbonyl (C=O) groups is 1. The molecule has 8 nitrogen and oxygen atoms in total. The van der Waals surface area contributed by atoms with Gasteiger partial charge in [0.25, 0.3) is 5.91 Å². The van der Waals surface area contributed by atoms with Crippen LogP contribution < -0.4 is 15.0 Å². The lowest BCUT2D eigenvalue weighted by atomic mass is 10.00. The lowest BCUT2D eigenvalue weighted by Crippen LogP contribution is -2.39. The van der Waals surface area contributed by atoms with Crippen LogP contribution in [0, 0.1) is 12.7 Å². The van der Waals surface area contributed by atoms with E-state index in [0.29, 0.717) is 73.2 Å². The predicted octanol–water partition coefficient (Wildman–Crippen LogP) is 5.24. The average molecular weight is 556 g/mol. The van der Waals surface area contributed by atoms with E-state index in [0.717, 1.165) is 11.3 Å². The van der Waals surface area contributed by atoms with Gasteiger partial charge in [-0.2, -0.15) is 5.10 Å². The summed E-state index contributed by atoms with van der Waals surface area (Å²) in [5, 5.41) is 8.07. The molecule has 0 spiro atoms. The van der Waals surface area contributed by atoms with Crippen LogP contribution in [0.15, 0.2) is 42.6 Å². The Labute approximate surface area is 228 Å². The highest BCUT2D eigenvalue weighted by atomic mass is 35.5. The highest BCUT2D eigenvalue weighted by Crippen LogP contribution is 2.39. The van der Waals surface area contributed by atoms with Gasteiger partial charge in [-0.05, 0) is 25.1 Å². The van der Waals surface area contributed by atoms with E-state index >= 15 is 0 Å². The normalized spacial score (nSPS) is 17.3. The average Bonchev–Trinajstić information content (AvgIpc) is 3.24. The highest BCUT2D eigenvalue weighted by molar-refractivity contribution is 6.39. The Kier molecular flexibility index (Phi) is 6.59. The number of morpholine rings is 1. The maximum atomic E-state index is 13.9. The number of nitrogens with one attached hydrogen (secondary N) is 1. The molecule has 1 saturated heterocycles. The third kappa shape index (κ3) is 4.34. The van der Waals surface area contributed by atoms with Crippen molar-refractivity contribution in [3.8, 4) is 17.0 Å². The number of aryl methyl sites for hydroxylation is 1. The highest BCUT2D eigenvalue weighted by Gasteiger charge is 2.30. The first kappa shape index (κ1) is 24.9. The number of ether oxygens (including phenoxy) is 2. The van der Waals surface area contributed by atoms with Crippen molar-refractivity contribution in [1.29, 1.82) is 0 Å². The summed E-state index contributed by atoms with van der Waals surface area (Å²) in [6, 6.07) is 9.92. The van der Waals surface area contributed by atoms with Gasteiger partial charge in [-0.1, -0.05) is 41.4 Å². The third-order valence-corrected chi connectivity index (χ3v) is 7.47. The van der Waals surface area contributed by atoms with Gasteiger partial charge in [0.1, 0.15) is 11.6 Å². The van der Waals surface area contributed by atoms with Gasteiger partial charge in [0.2, 0.25) is 0 Å². The van der Waals surface area contributed by atoms with Crippen LogP contribution in [-0.4, -0.2) is 53.4 Å². The fourth-order valence-electron chi connectivity index (χ4n) is 5.13. The number of aromatic nitrogens is 3. The van der Waals surface area contributed by atoms with E-state index in [1.165, 1.54) is 18.3 Å². The largest absolute Gasteiger partial charge is 0.493 e. The number of halogens is 3. The Morgan fingerprint density at radius 3 is 2.63 bits per heavy atom. The van der Waals surface area contributed by atoms with Crippen LogP contribution >= 0.6 is 23.2 Å². The molecule has 0 aliphatic carbocycles. The van der Waals surface area contributed by atoms with E-state index in [1.807, 2.05) is 31.2 Å². The second-order valence-electron chi connectivity index (χ2n) is 9.23. The molecule has 2 aliphatic rings. The molecular weight excluding hydrogens is 532 g/mol. The van der Waals surface area contributed by atoms with Gasteiger partial charge in [0.15, 0.2) is 5.65 Å². The van der Waals surface area contributed by atoms with Crippen LogP contribution in [0.5, 0.6) is 5.75 Å². The van der Waals surface area contributed by atoms with Gasteiger partial charge in [-0.3, -0.25) is 4.79 Å². The lowest BCUT2D eigenvalue weighted by molar-refractivity contribution is 0.0923. The Hall–Kier alpha value is -3.40. The molecule has 4 heterocycles. The number of hydrogen-bond acceptors (Lipinski definition) is 6. The van der Waals surface area contributed by atoms with Crippen molar-refractivity contribution in [3.63, 3.8) is 0 Å². The van der Waals surface area contributed by atoms with E-state index in [-0.39, 0.29) is 22.0 Å². The fraction of sp³-hybridized carbons (Fsp3) is 0.296.